The summed E-state index contributed by atoms with van der Waals surface area (Å²) in [6.45, 7) is 6.26. The zero-order chi connectivity index (χ0) is 15.7. The highest BCUT2D eigenvalue weighted by atomic mass is 16.6. The first-order chi connectivity index (χ1) is 10.0. The van der Waals surface area contributed by atoms with E-state index in [0.717, 1.165) is 12.1 Å². The second-order valence-corrected chi connectivity index (χ2v) is 5.36. The molecule has 0 heterocycles. The molecule has 0 saturated heterocycles. The van der Waals surface area contributed by atoms with Crippen LogP contribution in [0.25, 0.3) is 0 Å². The van der Waals surface area contributed by atoms with Crippen LogP contribution in [0.2, 0.25) is 0 Å². The standard InChI is InChI=1S/C15H24N2O4/c1-12(2)10-16-11-13-5-6-14(17(19)20)15(9-13)21-8-4-3-7-18/h5-6,9,12,16,18H,3-4,7-8,10-11H2,1-2H3. The van der Waals surface area contributed by atoms with E-state index in [1.165, 1.54) is 6.07 Å². The summed E-state index contributed by atoms with van der Waals surface area (Å²) < 4.78 is 5.49. The minimum Gasteiger partial charge on any atom is -0.487 e. The highest BCUT2D eigenvalue weighted by Gasteiger charge is 2.15. The predicted octanol–water partition coefficient (Wildman–Crippen LogP) is 2.49. The Balaban J connectivity index is 2.68. The van der Waals surface area contributed by atoms with Gasteiger partial charge in [0.05, 0.1) is 11.5 Å². The quantitative estimate of drug-likeness (QED) is 0.393. The summed E-state index contributed by atoms with van der Waals surface area (Å²) in [7, 11) is 0. The zero-order valence-electron chi connectivity index (χ0n) is 12.7. The molecule has 1 aromatic carbocycles. The Kier molecular flexibility index (Phi) is 7.71. The van der Waals surface area contributed by atoms with Crippen molar-refractivity contribution in [1.29, 1.82) is 0 Å². The molecule has 0 spiro atoms. The lowest BCUT2D eigenvalue weighted by Crippen LogP contribution is -2.19. The van der Waals surface area contributed by atoms with E-state index >= 15 is 0 Å². The van der Waals surface area contributed by atoms with E-state index in [4.69, 9.17) is 9.84 Å². The van der Waals surface area contributed by atoms with E-state index in [1.807, 2.05) is 0 Å². The number of aliphatic hydroxyl groups is 1. The van der Waals surface area contributed by atoms with Crippen LogP contribution < -0.4 is 10.1 Å². The summed E-state index contributed by atoms with van der Waals surface area (Å²) in [6, 6.07) is 4.93. The third kappa shape index (κ3) is 6.55. The van der Waals surface area contributed by atoms with E-state index < -0.39 is 4.92 Å². The molecular formula is C15H24N2O4. The number of rotatable bonds is 10. The van der Waals surface area contributed by atoms with E-state index in [0.29, 0.717) is 37.7 Å². The lowest BCUT2D eigenvalue weighted by Gasteiger charge is -2.10. The van der Waals surface area contributed by atoms with Gasteiger partial charge >= 0.3 is 5.69 Å². The lowest BCUT2D eigenvalue weighted by atomic mass is 10.1. The van der Waals surface area contributed by atoms with Crippen molar-refractivity contribution in [3.8, 4) is 5.75 Å². The monoisotopic (exact) mass is 296 g/mol. The highest BCUT2D eigenvalue weighted by Crippen LogP contribution is 2.28. The van der Waals surface area contributed by atoms with Crippen molar-refractivity contribution in [2.24, 2.45) is 5.92 Å². The van der Waals surface area contributed by atoms with Crippen LogP contribution in [0, 0.1) is 16.0 Å². The molecule has 2 N–H and O–H groups in total. The minimum atomic E-state index is -0.438. The van der Waals surface area contributed by atoms with E-state index in [-0.39, 0.29) is 12.3 Å². The third-order valence-corrected chi connectivity index (χ3v) is 2.91. The number of hydrogen-bond donors (Lipinski definition) is 2. The van der Waals surface area contributed by atoms with Crippen molar-refractivity contribution in [1.82, 2.24) is 5.32 Å². The smallest absolute Gasteiger partial charge is 0.310 e. The first kappa shape index (κ1) is 17.4. The van der Waals surface area contributed by atoms with Crippen LogP contribution >= 0.6 is 0 Å². The molecule has 1 rings (SSSR count). The average Bonchev–Trinajstić information content (AvgIpc) is 2.43. The van der Waals surface area contributed by atoms with Crippen molar-refractivity contribution in [2.45, 2.75) is 33.2 Å². The van der Waals surface area contributed by atoms with E-state index in [9.17, 15) is 10.1 Å². The Bertz CT molecular complexity index is 449. The lowest BCUT2D eigenvalue weighted by molar-refractivity contribution is -0.385. The molecule has 0 aliphatic heterocycles. The van der Waals surface area contributed by atoms with Gasteiger partial charge in [-0.3, -0.25) is 10.1 Å². The van der Waals surface area contributed by atoms with Gasteiger partial charge in [0.25, 0.3) is 0 Å². The third-order valence-electron chi connectivity index (χ3n) is 2.91. The number of benzene rings is 1. The Morgan fingerprint density at radius 1 is 1.38 bits per heavy atom. The Morgan fingerprint density at radius 3 is 2.76 bits per heavy atom. The molecule has 21 heavy (non-hydrogen) atoms. The summed E-state index contributed by atoms with van der Waals surface area (Å²) in [6.07, 6.45) is 1.30. The number of nitrogens with zero attached hydrogens (tertiary/aromatic N) is 1. The van der Waals surface area contributed by atoms with Crippen molar-refractivity contribution in [3.05, 3.63) is 33.9 Å². The maximum Gasteiger partial charge on any atom is 0.310 e. The summed E-state index contributed by atoms with van der Waals surface area (Å²) in [5.41, 5.74) is 0.935. The SMILES string of the molecule is CC(C)CNCc1ccc([N+](=O)[O-])c(OCCCCO)c1. The summed E-state index contributed by atoms with van der Waals surface area (Å²) in [5, 5.41) is 23.0. The van der Waals surface area contributed by atoms with E-state index in [2.05, 4.69) is 19.2 Å². The number of nitro benzene ring substituents is 1. The average molecular weight is 296 g/mol. The van der Waals surface area contributed by atoms with Crippen LogP contribution in [0.1, 0.15) is 32.3 Å². The van der Waals surface area contributed by atoms with Gasteiger partial charge in [0.2, 0.25) is 0 Å². The molecule has 6 heteroatoms. The van der Waals surface area contributed by atoms with Crippen LogP contribution in [0.4, 0.5) is 5.69 Å². The number of hydrogen-bond acceptors (Lipinski definition) is 5. The molecule has 0 saturated carbocycles. The maximum atomic E-state index is 11.0. The van der Waals surface area contributed by atoms with Crippen molar-refractivity contribution >= 4 is 5.69 Å². The molecule has 0 radical (unpaired) electrons. The molecule has 0 unspecified atom stereocenters. The highest BCUT2D eigenvalue weighted by molar-refractivity contribution is 5.48. The first-order valence-electron chi connectivity index (χ1n) is 7.26. The molecule has 0 amide bonds. The second kappa shape index (κ2) is 9.31. The minimum absolute atomic E-state index is 0.0217. The number of ether oxygens (including phenoxy) is 1. The van der Waals surface area contributed by atoms with Crippen LogP contribution in [-0.4, -0.2) is 29.8 Å². The maximum absolute atomic E-state index is 11.0. The number of nitrogens with one attached hydrogen (secondary N) is 1. The van der Waals surface area contributed by atoms with Gasteiger partial charge < -0.3 is 15.2 Å². The fourth-order valence-corrected chi connectivity index (χ4v) is 1.84. The first-order valence-corrected chi connectivity index (χ1v) is 7.26. The Morgan fingerprint density at radius 2 is 2.14 bits per heavy atom. The normalized spacial score (nSPS) is 10.9. The molecule has 0 aromatic heterocycles. The van der Waals surface area contributed by atoms with Crippen molar-refractivity contribution in [3.63, 3.8) is 0 Å². The number of aliphatic hydroxyl groups excluding tert-OH is 1. The predicted molar refractivity (Wildman–Crippen MR) is 81.5 cm³/mol. The Hall–Kier alpha value is -1.66. The molecule has 1 aromatic rings. The van der Waals surface area contributed by atoms with E-state index in [1.54, 1.807) is 12.1 Å². The second-order valence-electron chi connectivity index (χ2n) is 5.36. The fourth-order valence-electron chi connectivity index (χ4n) is 1.84. The molecular weight excluding hydrogens is 272 g/mol. The molecule has 0 bridgehead atoms. The van der Waals surface area contributed by atoms with Gasteiger partial charge in [-0.15, -0.1) is 0 Å². The van der Waals surface area contributed by atoms with Crippen molar-refractivity contribution < 1.29 is 14.8 Å². The van der Waals surface area contributed by atoms with Gasteiger partial charge in [0.1, 0.15) is 0 Å². The molecule has 0 fully saturated rings. The molecule has 6 nitrogen and oxygen atoms in total. The summed E-state index contributed by atoms with van der Waals surface area (Å²) in [5.74, 6) is 0.846. The molecule has 0 aliphatic rings. The summed E-state index contributed by atoms with van der Waals surface area (Å²) >= 11 is 0. The van der Waals surface area contributed by atoms with Gasteiger partial charge in [0, 0.05) is 19.2 Å². The fraction of sp³-hybridized carbons (Fsp3) is 0.600. The van der Waals surface area contributed by atoms with Gasteiger partial charge in [-0.1, -0.05) is 19.9 Å². The number of unbranched alkanes of at least 4 members (excludes halogenated alkanes) is 1. The van der Waals surface area contributed by atoms with Gasteiger partial charge in [0.15, 0.2) is 5.75 Å². The molecule has 0 aliphatic carbocycles. The Labute approximate surface area is 125 Å². The van der Waals surface area contributed by atoms with Gasteiger partial charge in [-0.2, -0.15) is 0 Å². The topological polar surface area (TPSA) is 84.6 Å². The van der Waals surface area contributed by atoms with Gasteiger partial charge in [-0.05, 0) is 36.9 Å². The number of nitro groups is 1. The largest absolute Gasteiger partial charge is 0.487 e. The molecule has 0 atom stereocenters. The molecule has 118 valence electrons. The zero-order valence-corrected chi connectivity index (χ0v) is 12.7. The van der Waals surface area contributed by atoms with Crippen LogP contribution in [0.3, 0.4) is 0 Å². The van der Waals surface area contributed by atoms with Gasteiger partial charge in [-0.25, -0.2) is 0 Å². The van der Waals surface area contributed by atoms with Crippen LogP contribution in [-0.2, 0) is 6.54 Å². The van der Waals surface area contributed by atoms with Crippen LogP contribution in [0.15, 0.2) is 18.2 Å². The van der Waals surface area contributed by atoms with Crippen LogP contribution in [0.5, 0.6) is 5.75 Å². The summed E-state index contributed by atoms with van der Waals surface area (Å²) in [4.78, 5) is 10.6. The van der Waals surface area contributed by atoms with Crippen molar-refractivity contribution in [2.75, 3.05) is 19.8 Å².